The maximum atomic E-state index is 13.7. The van der Waals surface area contributed by atoms with Crippen molar-refractivity contribution in [2.75, 3.05) is 13.1 Å². The zero-order valence-electron chi connectivity index (χ0n) is 20.4. The first-order valence-electron chi connectivity index (χ1n) is 13.0. The fraction of sp³-hybridized carbons (Fsp3) is 0.464. The zero-order chi connectivity index (χ0) is 25.7. The first-order chi connectivity index (χ1) is 17.9. The van der Waals surface area contributed by atoms with Crippen LogP contribution >= 0.6 is 0 Å². The van der Waals surface area contributed by atoms with E-state index < -0.39 is 23.6 Å². The molecule has 2 aromatic carbocycles. The van der Waals surface area contributed by atoms with Crippen LogP contribution in [0.15, 0.2) is 36.4 Å². The predicted octanol–water partition coefficient (Wildman–Crippen LogP) is 3.52. The van der Waals surface area contributed by atoms with Gasteiger partial charge in [0.15, 0.2) is 11.6 Å². The highest BCUT2D eigenvalue weighted by Crippen LogP contribution is 2.37. The third-order valence-electron chi connectivity index (χ3n) is 8.24. The van der Waals surface area contributed by atoms with Gasteiger partial charge in [-0.3, -0.25) is 24.6 Å². The third-order valence-corrected chi connectivity index (χ3v) is 8.24. The Morgan fingerprint density at radius 3 is 2.51 bits per heavy atom. The lowest BCUT2D eigenvalue weighted by Crippen LogP contribution is -2.57. The van der Waals surface area contributed by atoms with Gasteiger partial charge in [0.25, 0.3) is 5.91 Å². The largest absolute Gasteiger partial charge is 0.489 e. The van der Waals surface area contributed by atoms with Crippen LogP contribution in [0.25, 0.3) is 0 Å². The molecule has 6 rings (SSSR count). The Morgan fingerprint density at radius 1 is 0.919 bits per heavy atom. The van der Waals surface area contributed by atoms with Gasteiger partial charge < -0.3 is 9.64 Å². The molecule has 4 aliphatic rings. The van der Waals surface area contributed by atoms with E-state index >= 15 is 0 Å². The molecule has 1 saturated carbocycles. The molecular formula is C28H29F2N3O4. The van der Waals surface area contributed by atoms with Crippen molar-refractivity contribution in [2.45, 2.75) is 69.2 Å². The van der Waals surface area contributed by atoms with Gasteiger partial charge in [-0.15, -0.1) is 0 Å². The Kier molecular flexibility index (Phi) is 6.18. The summed E-state index contributed by atoms with van der Waals surface area (Å²) in [6, 6.07) is 9.24. The summed E-state index contributed by atoms with van der Waals surface area (Å²) in [6.07, 6.45) is 4.70. The molecule has 7 nitrogen and oxygen atoms in total. The molecule has 0 bridgehead atoms. The number of fused-ring (bicyclic) bond motifs is 1. The molecule has 3 fully saturated rings. The standard InChI is InChI=1S/C28H29F2N3O4/c29-21-8-5-16(12-22(21)30)18-13-32(14-18)23-3-1-2-4-25(23)37-19-6-7-20-17(11-19)15-33(28(20)36)24-9-10-26(34)31-27(24)35/h5-8,11-12,18,23-25H,1-4,9-10,13-15H2,(H,31,34,35)/t23-,24?,25+/m0/s1. The highest BCUT2D eigenvalue weighted by Gasteiger charge is 2.41. The molecule has 3 atom stereocenters. The van der Waals surface area contributed by atoms with Crippen LogP contribution in [0.2, 0.25) is 0 Å². The van der Waals surface area contributed by atoms with Gasteiger partial charge in [0, 0.05) is 43.6 Å². The molecule has 0 aromatic heterocycles. The summed E-state index contributed by atoms with van der Waals surface area (Å²) >= 11 is 0. The Balaban J connectivity index is 1.11. The topological polar surface area (TPSA) is 79.0 Å². The molecule has 3 amide bonds. The van der Waals surface area contributed by atoms with Gasteiger partial charge in [-0.2, -0.15) is 0 Å². The molecule has 3 aliphatic heterocycles. The summed E-state index contributed by atoms with van der Waals surface area (Å²) in [6.45, 7) is 1.89. The molecule has 2 aromatic rings. The zero-order valence-corrected chi connectivity index (χ0v) is 20.4. The SMILES string of the molecule is O=C1CCC(N2Cc3cc(O[C@@H]4CCCC[C@@H]4N4CC(c5ccc(F)c(F)c5)C4)ccc3C2=O)C(=O)N1. The third kappa shape index (κ3) is 4.50. The van der Waals surface area contributed by atoms with Gasteiger partial charge in [0.2, 0.25) is 11.8 Å². The van der Waals surface area contributed by atoms with Crippen LogP contribution in [0.4, 0.5) is 8.78 Å². The Bertz CT molecular complexity index is 1260. The average Bonchev–Trinajstić information content (AvgIpc) is 3.17. The molecule has 9 heteroatoms. The highest BCUT2D eigenvalue weighted by atomic mass is 19.2. The first kappa shape index (κ1) is 24.0. The fourth-order valence-corrected chi connectivity index (χ4v) is 6.19. The van der Waals surface area contributed by atoms with Gasteiger partial charge in [0.05, 0.1) is 0 Å². The molecule has 0 radical (unpaired) electrons. The van der Waals surface area contributed by atoms with E-state index in [1.54, 1.807) is 12.1 Å². The number of rotatable bonds is 5. The number of halogens is 2. The van der Waals surface area contributed by atoms with E-state index in [2.05, 4.69) is 10.2 Å². The van der Waals surface area contributed by atoms with Gasteiger partial charge in [0.1, 0.15) is 17.9 Å². The van der Waals surface area contributed by atoms with Crippen molar-refractivity contribution in [2.24, 2.45) is 0 Å². The number of imide groups is 1. The van der Waals surface area contributed by atoms with Crippen LogP contribution in [0, 0.1) is 11.6 Å². The van der Waals surface area contributed by atoms with E-state index in [0.29, 0.717) is 24.3 Å². The number of amides is 3. The van der Waals surface area contributed by atoms with Crippen molar-refractivity contribution < 1.29 is 27.9 Å². The number of likely N-dealkylation sites (tertiary alicyclic amines) is 1. The van der Waals surface area contributed by atoms with Gasteiger partial charge in [-0.05, 0) is 67.1 Å². The minimum atomic E-state index is -0.822. The van der Waals surface area contributed by atoms with Crippen molar-refractivity contribution in [1.29, 1.82) is 0 Å². The predicted molar refractivity (Wildman–Crippen MR) is 130 cm³/mol. The van der Waals surface area contributed by atoms with Gasteiger partial charge in [-0.1, -0.05) is 12.5 Å². The summed E-state index contributed by atoms with van der Waals surface area (Å²) in [5, 5.41) is 2.33. The molecule has 2 saturated heterocycles. The minimum Gasteiger partial charge on any atom is -0.489 e. The molecule has 37 heavy (non-hydrogen) atoms. The summed E-state index contributed by atoms with van der Waals surface area (Å²) in [7, 11) is 0. The van der Waals surface area contributed by atoms with Crippen LogP contribution in [0.1, 0.15) is 65.9 Å². The lowest BCUT2D eigenvalue weighted by Gasteiger charge is -2.48. The van der Waals surface area contributed by atoms with E-state index in [0.717, 1.165) is 49.9 Å². The fourth-order valence-electron chi connectivity index (χ4n) is 6.19. The summed E-state index contributed by atoms with van der Waals surface area (Å²) in [5.74, 6) is -1.67. The van der Waals surface area contributed by atoms with Crippen LogP contribution < -0.4 is 10.1 Å². The van der Waals surface area contributed by atoms with E-state index in [1.165, 1.54) is 17.0 Å². The summed E-state index contributed by atoms with van der Waals surface area (Å²) in [5.41, 5.74) is 2.21. The number of ether oxygens (including phenoxy) is 1. The van der Waals surface area contributed by atoms with Crippen molar-refractivity contribution in [3.8, 4) is 5.75 Å². The van der Waals surface area contributed by atoms with Crippen molar-refractivity contribution in [3.05, 3.63) is 64.7 Å². The maximum Gasteiger partial charge on any atom is 0.255 e. The van der Waals surface area contributed by atoms with Gasteiger partial charge in [-0.25, -0.2) is 8.78 Å². The first-order valence-corrected chi connectivity index (χ1v) is 13.0. The van der Waals surface area contributed by atoms with Crippen molar-refractivity contribution in [1.82, 2.24) is 15.1 Å². The number of carbonyl (C=O) groups is 3. The quantitative estimate of drug-likeness (QED) is 0.625. The number of benzene rings is 2. The highest BCUT2D eigenvalue weighted by molar-refractivity contribution is 6.05. The van der Waals surface area contributed by atoms with E-state index in [1.807, 2.05) is 12.1 Å². The van der Waals surface area contributed by atoms with Crippen molar-refractivity contribution in [3.63, 3.8) is 0 Å². The molecule has 1 N–H and O–H groups in total. The number of hydrogen-bond donors (Lipinski definition) is 1. The molecular weight excluding hydrogens is 480 g/mol. The Morgan fingerprint density at radius 2 is 1.73 bits per heavy atom. The second-order valence-electron chi connectivity index (χ2n) is 10.6. The smallest absolute Gasteiger partial charge is 0.255 e. The molecule has 3 heterocycles. The lowest BCUT2D eigenvalue weighted by atomic mass is 9.84. The lowest BCUT2D eigenvalue weighted by molar-refractivity contribution is -0.136. The van der Waals surface area contributed by atoms with Crippen LogP contribution in [-0.4, -0.2) is 58.8 Å². The number of hydrogen-bond acceptors (Lipinski definition) is 5. The molecule has 0 spiro atoms. The molecule has 194 valence electrons. The second kappa shape index (κ2) is 9.52. The van der Waals surface area contributed by atoms with E-state index in [4.69, 9.17) is 4.74 Å². The van der Waals surface area contributed by atoms with E-state index in [9.17, 15) is 23.2 Å². The Labute approximate surface area is 213 Å². The summed E-state index contributed by atoms with van der Waals surface area (Å²) in [4.78, 5) is 40.7. The monoisotopic (exact) mass is 509 g/mol. The number of nitrogens with one attached hydrogen (secondary N) is 1. The average molecular weight is 510 g/mol. The number of carbonyl (C=O) groups excluding carboxylic acids is 3. The number of nitrogens with zero attached hydrogens (tertiary/aromatic N) is 2. The molecule has 1 aliphatic carbocycles. The molecule has 1 unspecified atom stereocenters. The normalized spacial score (nSPS) is 26.6. The second-order valence-corrected chi connectivity index (χ2v) is 10.6. The van der Waals surface area contributed by atoms with E-state index in [-0.39, 0.29) is 36.3 Å². The minimum absolute atomic E-state index is 0.000969. The van der Waals surface area contributed by atoms with Gasteiger partial charge >= 0.3 is 0 Å². The Hall–Kier alpha value is -3.33. The van der Waals surface area contributed by atoms with Crippen LogP contribution in [0.5, 0.6) is 5.75 Å². The van der Waals surface area contributed by atoms with Crippen molar-refractivity contribution >= 4 is 17.7 Å². The van der Waals surface area contributed by atoms with Crippen LogP contribution in [0.3, 0.4) is 0 Å². The number of piperidine rings is 1. The summed E-state index contributed by atoms with van der Waals surface area (Å²) < 4.78 is 33.5. The van der Waals surface area contributed by atoms with Crippen LogP contribution in [-0.2, 0) is 16.1 Å². The maximum absolute atomic E-state index is 13.7.